The van der Waals surface area contributed by atoms with E-state index in [0.29, 0.717) is 18.7 Å². The summed E-state index contributed by atoms with van der Waals surface area (Å²) >= 11 is 0. The molecule has 110 valence electrons. The fraction of sp³-hybridized carbons (Fsp3) is 0.286. The number of benzene rings is 1. The molecule has 0 bridgehead atoms. The molecule has 0 saturated heterocycles. The van der Waals surface area contributed by atoms with E-state index in [4.69, 9.17) is 5.73 Å². The fourth-order valence-corrected chi connectivity index (χ4v) is 3.76. The molecule has 0 unspecified atom stereocenters. The number of hydrogen-bond donors (Lipinski definition) is 1. The first kappa shape index (κ1) is 14.0. The van der Waals surface area contributed by atoms with Gasteiger partial charge in [-0.25, -0.2) is 18.4 Å². The van der Waals surface area contributed by atoms with Gasteiger partial charge in [-0.1, -0.05) is 30.3 Å². The van der Waals surface area contributed by atoms with Crippen LogP contribution in [0.15, 0.2) is 36.5 Å². The largest absolute Gasteiger partial charge is 0.368 e. The van der Waals surface area contributed by atoms with Crippen LogP contribution in [0.2, 0.25) is 0 Å². The predicted molar refractivity (Wildman–Crippen MR) is 79.6 cm³/mol. The molecular weight excluding hydrogens is 288 g/mol. The monoisotopic (exact) mass is 304 g/mol. The van der Waals surface area contributed by atoms with Gasteiger partial charge in [0.05, 0.1) is 18.0 Å². The molecule has 1 aromatic heterocycles. The maximum atomic E-state index is 12.4. The average molecular weight is 304 g/mol. The molecule has 7 heteroatoms. The standard InChI is InChI=1S/C14H16N4O2S/c15-14-16-8-12-9-18(10-13(12)17-14)21(19,20)7-6-11-4-2-1-3-5-11/h1-5,8H,6-7,9-10H2,(H2,15,16,17). The summed E-state index contributed by atoms with van der Waals surface area (Å²) in [6.45, 7) is 0.603. The highest BCUT2D eigenvalue weighted by atomic mass is 32.2. The first-order chi connectivity index (χ1) is 10.0. The number of hydrogen-bond acceptors (Lipinski definition) is 5. The average Bonchev–Trinajstić information content (AvgIpc) is 2.90. The lowest BCUT2D eigenvalue weighted by molar-refractivity contribution is 0.429. The number of nitrogens with zero attached hydrogens (tertiary/aromatic N) is 3. The Bertz CT molecular complexity index is 747. The number of sulfonamides is 1. The molecule has 1 aromatic carbocycles. The summed E-state index contributed by atoms with van der Waals surface area (Å²) in [5.41, 5.74) is 8.07. The first-order valence-electron chi connectivity index (χ1n) is 6.66. The third-order valence-electron chi connectivity index (χ3n) is 3.53. The Hall–Kier alpha value is -1.99. The molecule has 0 saturated carbocycles. The normalized spacial score (nSPS) is 15.0. The molecular formula is C14H16N4O2S. The lowest BCUT2D eigenvalue weighted by atomic mass is 10.2. The van der Waals surface area contributed by atoms with Crippen molar-refractivity contribution in [1.82, 2.24) is 14.3 Å². The maximum absolute atomic E-state index is 12.4. The minimum absolute atomic E-state index is 0.0912. The Labute approximate surface area is 123 Å². The van der Waals surface area contributed by atoms with Crippen LogP contribution in [0, 0.1) is 0 Å². The highest BCUT2D eigenvalue weighted by Gasteiger charge is 2.30. The van der Waals surface area contributed by atoms with Crippen LogP contribution in [0.1, 0.15) is 16.8 Å². The molecule has 0 fully saturated rings. The van der Waals surface area contributed by atoms with Gasteiger partial charge in [-0.05, 0) is 12.0 Å². The summed E-state index contributed by atoms with van der Waals surface area (Å²) < 4.78 is 26.3. The molecule has 1 aliphatic rings. The number of aryl methyl sites for hydroxylation is 1. The second-order valence-corrected chi connectivity index (χ2v) is 7.11. The lowest BCUT2D eigenvalue weighted by Gasteiger charge is -2.15. The summed E-state index contributed by atoms with van der Waals surface area (Å²) in [6, 6.07) is 9.59. The Morgan fingerprint density at radius 3 is 2.71 bits per heavy atom. The van der Waals surface area contributed by atoms with E-state index in [0.717, 1.165) is 11.1 Å². The molecule has 2 N–H and O–H groups in total. The summed E-state index contributed by atoms with van der Waals surface area (Å²) in [5, 5.41) is 0. The van der Waals surface area contributed by atoms with Crippen molar-refractivity contribution < 1.29 is 8.42 Å². The zero-order valence-corrected chi connectivity index (χ0v) is 12.3. The highest BCUT2D eigenvalue weighted by molar-refractivity contribution is 7.89. The van der Waals surface area contributed by atoms with Gasteiger partial charge in [0.25, 0.3) is 0 Å². The van der Waals surface area contributed by atoms with E-state index in [-0.39, 0.29) is 18.2 Å². The third kappa shape index (κ3) is 3.03. The van der Waals surface area contributed by atoms with Crippen LogP contribution in [0.5, 0.6) is 0 Å². The van der Waals surface area contributed by atoms with Crippen molar-refractivity contribution in [1.29, 1.82) is 0 Å². The number of fused-ring (bicyclic) bond motifs is 1. The Kier molecular flexibility index (Phi) is 3.60. The summed E-state index contributed by atoms with van der Waals surface area (Å²) in [7, 11) is -3.31. The van der Waals surface area contributed by atoms with Crippen LogP contribution in [-0.2, 0) is 29.5 Å². The molecule has 2 aromatic rings. The van der Waals surface area contributed by atoms with Gasteiger partial charge in [0.2, 0.25) is 16.0 Å². The van der Waals surface area contributed by atoms with Gasteiger partial charge >= 0.3 is 0 Å². The highest BCUT2D eigenvalue weighted by Crippen LogP contribution is 2.24. The van der Waals surface area contributed by atoms with E-state index in [1.54, 1.807) is 6.20 Å². The van der Waals surface area contributed by atoms with E-state index in [2.05, 4.69) is 9.97 Å². The zero-order chi connectivity index (χ0) is 14.9. The van der Waals surface area contributed by atoms with Gasteiger partial charge < -0.3 is 5.73 Å². The quantitative estimate of drug-likeness (QED) is 0.908. The van der Waals surface area contributed by atoms with E-state index < -0.39 is 10.0 Å². The molecule has 0 radical (unpaired) electrons. The molecule has 1 aliphatic heterocycles. The van der Waals surface area contributed by atoms with Crippen LogP contribution in [0.25, 0.3) is 0 Å². The maximum Gasteiger partial charge on any atom is 0.220 e. The predicted octanol–water partition coefficient (Wildman–Crippen LogP) is 0.947. The van der Waals surface area contributed by atoms with E-state index >= 15 is 0 Å². The Morgan fingerprint density at radius 2 is 1.95 bits per heavy atom. The molecule has 21 heavy (non-hydrogen) atoms. The van der Waals surface area contributed by atoms with Crippen molar-refractivity contribution >= 4 is 16.0 Å². The van der Waals surface area contributed by atoms with Crippen molar-refractivity contribution in [3.05, 3.63) is 53.3 Å². The molecule has 6 nitrogen and oxygen atoms in total. The summed E-state index contributed by atoms with van der Waals surface area (Å²) in [4.78, 5) is 8.00. The Morgan fingerprint density at radius 1 is 1.19 bits per heavy atom. The van der Waals surface area contributed by atoms with E-state index in [1.165, 1.54) is 4.31 Å². The summed E-state index contributed by atoms with van der Waals surface area (Å²) in [5.74, 6) is 0.269. The van der Waals surface area contributed by atoms with Crippen LogP contribution in [-0.4, -0.2) is 28.4 Å². The SMILES string of the molecule is Nc1ncc2c(n1)CN(S(=O)(=O)CCc1ccccc1)C2. The first-order valence-corrected chi connectivity index (χ1v) is 8.27. The van der Waals surface area contributed by atoms with Crippen molar-refractivity contribution in [3.8, 4) is 0 Å². The van der Waals surface area contributed by atoms with Gasteiger partial charge in [-0.2, -0.15) is 4.31 Å². The number of nitrogens with two attached hydrogens (primary N) is 1. The molecule has 0 aliphatic carbocycles. The topological polar surface area (TPSA) is 89.2 Å². The molecule has 2 heterocycles. The summed E-state index contributed by atoms with van der Waals surface area (Å²) in [6.07, 6.45) is 2.11. The zero-order valence-electron chi connectivity index (χ0n) is 11.4. The molecule has 3 rings (SSSR count). The van der Waals surface area contributed by atoms with Gasteiger partial charge in [0.1, 0.15) is 0 Å². The minimum Gasteiger partial charge on any atom is -0.368 e. The second kappa shape index (κ2) is 5.42. The number of aromatic nitrogens is 2. The van der Waals surface area contributed by atoms with Crippen molar-refractivity contribution in [3.63, 3.8) is 0 Å². The van der Waals surface area contributed by atoms with Crippen LogP contribution in [0.3, 0.4) is 0 Å². The molecule has 0 amide bonds. The van der Waals surface area contributed by atoms with Crippen LogP contribution < -0.4 is 5.73 Å². The van der Waals surface area contributed by atoms with Crippen molar-refractivity contribution in [2.75, 3.05) is 11.5 Å². The number of nitrogen functional groups attached to an aromatic ring is 1. The number of rotatable bonds is 4. The third-order valence-corrected chi connectivity index (χ3v) is 5.30. The van der Waals surface area contributed by atoms with E-state index in [1.807, 2.05) is 30.3 Å². The molecule has 0 atom stereocenters. The van der Waals surface area contributed by atoms with Gasteiger partial charge in [-0.3, -0.25) is 0 Å². The van der Waals surface area contributed by atoms with Gasteiger partial charge in [0.15, 0.2) is 0 Å². The fourth-order valence-electron chi connectivity index (χ4n) is 2.36. The van der Waals surface area contributed by atoms with Crippen molar-refractivity contribution in [2.45, 2.75) is 19.5 Å². The Balaban J connectivity index is 1.70. The van der Waals surface area contributed by atoms with Crippen molar-refractivity contribution in [2.24, 2.45) is 0 Å². The molecule has 0 spiro atoms. The number of anilines is 1. The van der Waals surface area contributed by atoms with Crippen LogP contribution >= 0.6 is 0 Å². The minimum atomic E-state index is -3.31. The second-order valence-electron chi connectivity index (χ2n) is 5.02. The van der Waals surface area contributed by atoms with Gasteiger partial charge in [0, 0.05) is 18.3 Å². The smallest absolute Gasteiger partial charge is 0.220 e. The van der Waals surface area contributed by atoms with Crippen LogP contribution in [0.4, 0.5) is 5.95 Å². The van der Waals surface area contributed by atoms with Gasteiger partial charge in [-0.15, -0.1) is 0 Å². The van der Waals surface area contributed by atoms with E-state index in [9.17, 15) is 8.42 Å². The lowest BCUT2D eigenvalue weighted by Crippen LogP contribution is -2.29.